The fourth-order valence-corrected chi connectivity index (χ4v) is 2.77. The highest BCUT2D eigenvalue weighted by atomic mass is 19.4. The van der Waals surface area contributed by atoms with Crippen molar-refractivity contribution in [1.82, 2.24) is 10.2 Å². The number of halogens is 3. The van der Waals surface area contributed by atoms with Crippen LogP contribution in [0.3, 0.4) is 0 Å². The zero-order valence-electron chi connectivity index (χ0n) is 19.2. The molecule has 0 aliphatic rings. The Labute approximate surface area is 203 Å². The molecular weight excluding hydrogens is 485 g/mol. The average Bonchev–Trinajstić information content (AvgIpc) is 2.81. The Kier molecular flexibility index (Phi) is 9.13. The van der Waals surface area contributed by atoms with Crippen LogP contribution in [-0.2, 0) is 14.3 Å². The molecule has 0 heterocycles. The van der Waals surface area contributed by atoms with Gasteiger partial charge in [-0.25, -0.2) is 4.79 Å². The predicted octanol–water partition coefficient (Wildman–Crippen LogP) is 2.22. The van der Waals surface area contributed by atoms with Crippen LogP contribution in [0.15, 0.2) is 48.5 Å². The minimum Gasteiger partial charge on any atom is -0.471 e. The molecule has 0 saturated carbocycles. The summed E-state index contributed by atoms with van der Waals surface area (Å²) in [6.07, 6.45) is -7.66. The lowest BCUT2D eigenvalue weighted by Crippen LogP contribution is -2.40. The van der Waals surface area contributed by atoms with E-state index in [1.165, 1.54) is 53.4 Å². The molecule has 4 N–H and O–H groups in total. The van der Waals surface area contributed by atoms with Gasteiger partial charge in [-0.15, -0.1) is 0 Å². The summed E-state index contributed by atoms with van der Waals surface area (Å²) in [5.74, 6) is -5.20. The summed E-state index contributed by atoms with van der Waals surface area (Å²) >= 11 is 0. The van der Waals surface area contributed by atoms with Gasteiger partial charge in [0.25, 0.3) is 11.8 Å². The number of hydrogen-bond acceptors (Lipinski definition) is 7. The Morgan fingerprint density at radius 2 is 1.64 bits per heavy atom. The summed E-state index contributed by atoms with van der Waals surface area (Å²) in [4.78, 5) is 48.7. The molecule has 0 spiro atoms. The first-order valence-electron chi connectivity index (χ1n) is 10.3. The number of esters is 2. The number of amidine groups is 1. The molecule has 0 aromatic heterocycles. The summed E-state index contributed by atoms with van der Waals surface area (Å²) < 4.78 is 46.4. The number of hydrogen-bond donors (Lipinski definition) is 3. The van der Waals surface area contributed by atoms with E-state index >= 15 is 0 Å². The SMILES string of the molecule is CN(C)C(=O)c1ccc(C(=O)NC(CCC(=O)OC(=O)C(F)(F)F)Oc2cccc(C(=N)N)c2)cc1. The molecule has 1 unspecified atom stereocenters. The molecule has 0 saturated heterocycles. The second-order valence-electron chi connectivity index (χ2n) is 7.60. The highest BCUT2D eigenvalue weighted by Crippen LogP contribution is 2.19. The molecule has 0 bridgehead atoms. The maximum absolute atomic E-state index is 12.7. The van der Waals surface area contributed by atoms with Gasteiger partial charge < -0.3 is 25.4 Å². The monoisotopic (exact) mass is 508 g/mol. The van der Waals surface area contributed by atoms with Crippen LogP contribution >= 0.6 is 0 Å². The van der Waals surface area contributed by atoms with Crippen molar-refractivity contribution in [2.24, 2.45) is 5.73 Å². The number of rotatable bonds is 9. The normalized spacial score (nSPS) is 11.7. The first-order chi connectivity index (χ1) is 16.8. The Bertz CT molecular complexity index is 1150. The molecular formula is C23H23F3N4O6. The zero-order chi connectivity index (χ0) is 27.0. The highest BCUT2D eigenvalue weighted by molar-refractivity contribution is 5.98. The van der Waals surface area contributed by atoms with Gasteiger partial charge in [-0.2, -0.15) is 13.2 Å². The fourth-order valence-electron chi connectivity index (χ4n) is 2.77. The molecule has 0 aliphatic heterocycles. The quantitative estimate of drug-likeness (QED) is 0.154. The number of amides is 2. The molecule has 2 amide bonds. The molecule has 2 aromatic carbocycles. The Morgan fingerprint density at radius 1 is 1.03 bits per heavy atom. The van der Waals surface area contributed by atoms with Crippen LogP contribution in [0.4, 0.5) is 13.2 Å². The summed E-state index contributed by atoms with van der Waals surface area (Å²) in [5.41, 5.74) is 6.21. The second-order valence-corrected chi connectivity index (χ2v) is 7.60. The second kappa shape index (κ2) is 11.8. The number of nitrogens with two attached hydrogens (primary N) is 1. The Hall–Kier alpha value is -4.42. The van der Waals surface area contributed by atoms with E-state index < -0.39 is 36.7 Å². The minimum absolute atomic E-state index is 0.131. The molecule has 36 heavy (non-hydrogen) atoms. The largest absolute Gasteiger partial charge is 0.491 e. The number of alkyl halides is 3. The van der Waals surface area contributed by atoms with Crippen LogP contribution in [-0.4, -0.2) is 61.0 Å². The third kappa shape index (κ3) is 8.11. The third-order valence-corrected chi connectivity index (χ3v) is 4.56. The molecule has 2 rings (SSSR count). The fraction of sp³-hybridized carbons (Fsp3) is 0.261. The number of carbonyl (C=O) groups is 4. The molecule has 0 radical (unpaired) electrons. The standard InChI is InChI=1S/C23H23F3N4O6/c1-30(2)21(33)14-8-6-13(7-9-14)20(32)29-17(10-11-18(31)36-22(34)23(24,25)26)35-16-5-3-4-15(12-16)19(27)28/h3-9,12,17H,10-11H2,1-2H3,(H3,27,28)(H,29,32). The lowest BCUT2D eigenvalue weighted by molar-refractivity contribution is -0.202. The number of nitrogen functional groups attached to an aromatic ring is 1. The number of nitrogens with zero attached hydrogens (tertiary/aromatic N) is 1. The lowest BCUT2D eigenvalue weighted by atomic mass is 10.1. The first kappa shape index (κ1) is 27.8. The first-order valence-corrected chi connectivity index (χ1v) is 10.3. The van der Waals surface area contributed by atoms with Crippen molar-refractivity contribution in [1.29, 1.82) is 5.41 Å². The highest BCUT2D eigenvalue weighted by Gasteiger charge is 2.42. The van der Waals surface area contributed by atoms with Crippen molar-refractivity contribution in [3.8, 4) is 5.75 Å². The van der Waals surface area contributed by atoms with Crippen LogP contribution in [0.25, 0.3) is 0 Å². The van der Waals surface area contributed by atoms with Gasteiger partial charge in [0, 0.05) is 37.2 Å². The van der Waals surface area contributed by atoms with Crippen molar-refractivity contribution < 1.29 is 41.8 Å². The van der Waals surface area contributed by atoms with Gasteiger partial charge in [0.15, 0.2) is 6.23 Å². The average molecular weight is 508 g/mol. The maximum Gasteiger partial charge on any atom is 0.491 e. The number of nitrogens with one attached hydrogen (secondary N) is 2. The summed E-state index contributed by atoms with van der Waals surface area (Å²) in [5, 5.41) is 9.99. The van der Waals surface area contributed by atoms with Gasteiger partial charge in [-0.3, -0.25) is 19.8 Å². The molecule has 0 aliphatic carbocycles. The minimum atomic E-state index is -5.34. The molecule has 0 fully saturated rings. The van der Waals surface area contributed by atoms with Crippen molar-refractivity contribution in [2.45, 2.75) is 25.2 Å². The summed E-state index contributed by atoms with van der Waals surface area (Å²) in [6, 6.07) is 11.5. The van der Waals surface area contributed by atoms with E-state index in [2.05, 4.69) is 10.1 Å². The number of ether oxygens (including phenoxy) is 2. The molecule has 192 valence electrons. The van der Waals surface area contributed by atoms with Crippen molar-refractivity contribution in [2.75, 3.05) is 14.1 Å². The van der Waals surface area contributed by atoms with Crippen LogP contribution in [0.5, 0.6) is 5.75 Å². The van der Waals surface area contributed by atoms with E-state index in [0.29, 0.717) is 11.1 Å². The van der Waals surface area contributed by atoms with E-state index in [-0.39, 0.29) is 29.5 Å². The van der Waals surface area contributed by atoms with Gasteiger partial charge in [0.1, 0.15) is 11.6 Å². The van der Waals surface area contributed by atoms with Gasteiger partial charge in [0.2, 0.25) is 0 Å². The van der Waals surface area contributed by atoms with E-state index in [4.69, 9.17) is 15.9 Å². The van der Waals surface area contributed by atoms with E-state index in [9.17, 15) is 32.3 Å². The van der Waals surface area contributed by atoms with Gasteiger partial charge in [0.05, 0.1) is 6.42 Å². The van der Waals surface area contributed by atoms with Gasteiger partial charge in [-0.1, -0.05) is 12.1 Å². The van der Waals surface area contributed by atoms with Gasteiger partial charge in [-0.05, 0) is 36.4 Å². The molecule has 13 heteroatoms. The van der Waals surface area contributed by atoms with Crippen molar-refractivity contribution in [3.63, 3.8) is 0 Å². The molecule has 1 atom stereocenters. The zero-order valence-corrected chi connectivity index (χ0v) is 19.2. The van der Waals surface area contributed by atoms with Crippen LogP contribution in [0.1, 0.15) is 39.1 Å². The summed E-state index contributed by atoms with van der Waals surface area (Å²) in [7, 11) is 3.14. The predicted molar refractivity (Wildman–Crippen MR) is 120 cm³/mol. The Balaban J connectivity index is 2.17. The van der Waals surface area contributed by atoms with Crippen LogP contribution in [0.2, 0.25) is 0 Å². The lowest BCUT2D eigenvalue weighted by Gasteiger charge is -2.21. The topological polar surface area (TPSA) is 152 Å². The van der Waals surface area contributed by atoms with Crippen molar-refractivity contribution in [3.05, 3.63) is 65.2 Å². The molecule has 2 aromatic rings. The van der Waals surface area contributed by atoms with E-state index in [1.807, 2.05) is 0 Å². The number of carbonyl (C=O) groups excluding carboxylic acids is 4. The van der Waals surface area contributed by atoms with E-state index in [0.717, 1.165) is 0 Å². The third-order valence-electron chi connectivity index (χ3n) is 4.56. The summed E-state index contributed by atoms with van der Waals surface area (Å²) in [6.45, 7) is 0. The Morgan fingerprint density at radius 3 is 2.19 bits per heavy atom. The maximum atomic E-state index is 12.7. The van der Waals surface area contributed by atoms with Crippen LogP contribution < -0.4 is 15.8 Å². The van der Waals surface area contributed by atoms with Gasteiger partial charge >= 0.3 is 18.1 Å². The number of benzene rings is 2. The van der Waals surface area contributed by atoms with Crippen molar-refractivity contribution >= 4 is 29.6 Å². The van der Waals surface area contributed by atoms with Crippen LogP contribution in [0, 0.1) is 5.41 Å². The smallest absolute Gasteiger partial charge is 0.471 e. The van der Waals surface area contributed by atoms with E-state index in [1.54, 1.807) is 14.1 Å². The molecule has 10 nitrogen and oxygen atoms in total.